The normalized spacial score (nSPS) is 14.1. The molecule has 0 heterocycles. The summed E-state index contributed by atoms with van der Waals surface area (Å²) < 4.78 is 17.3. The maximum absolute atomic E-state index is 14.6. The molecule has 0 bridgehead atoms. The maximum Gasteiger partial charge on any atom is 0.408 e. The maximum atomic E-state index is 14.6. The average molecular weight is 906 g/mol. The molecule has 0 aliphatic heterocycles. The van der Waals surface area contributed by atoms with Crippen LogP contribution in [0.25, 0.3) is 0 Å². The highest BCUT2D eigenvalue weighted by molar-refractivity contribution is 5.96. The van der Waals surface area contributed by atoms with Crippen LogP contribution in [0.5, 0.6) is 0 Å². The highest BCUT2D eigenvalue weighted by Crippen LogP contribution is 2.15. The number of carbonyl (C=O) groups excluding carboxylic acids is 6. The third kappa shape index (κ3) is 18.1. The Balaban J connectivity index is 1.61. The molecule has 66 heavy (non-hydrogen) atoms. The van der Waals surface area contributed by atoms with E-state index < -0.39 is 83.5 Å². The predicted octanol–water partition coefficient (Wildman–Crippen LogP) is 6.36. The summed E-state index contributed by atoms with van der Waals surface area (Å²) in [4.78, 5) is 83.8. The van der Waals surface area contributed by atoms with Crippen LogP contribution in [0.15, 0.2) is 121 Å². The predicted molar refractivity (Wildman–Crippen MR) is 252 cm³/mol. The van der Waals surface area contributed by atoms with Gasteiger partial charge in [-0.3, -0.25) is 19.2 Å². The molecule has 354 valence electrons. The van der Waals surface area contributed by atoms with E-state index in [1.54, 1.807) is 65.8 Å². The Morgan fingerprint density at radius 2 is 0.894 bits per heavy atom. The van der Waals surface area contributed by atoms with Crippen LogP contribution < -0.4 is 26.6 Å². The fourth-order valence-corrected chi connectivity index (χ4v) is 6.94. The summed E-state index contributed by atoms with van der Waals surface area (Å²) in [6.07, 6.45) is -1.35. The molecular formula is C52H67N5O9. The van der Waals surface area contributed by atoms with Crippen LogP contribution in [0.4, 0.5) is 4.79 Å². The molecule has 0 fully saturated rings. The summed E-state index contributed by atoms with van der Waals surface area (Å²) in [6, 6.07) is 30.7. The number of esters is 1. The number of nitrogens with one attached hydrogen (secondary N) is 5. The first-order chi connectivity index (χ1) is 31.4. The molecule has 0 saturated heterocycles. The van der Waals surface area contributed by atoms with Gasteiger partial charge in [0.25, 0.3) is 0 Å². The lowest BCUT2D eigenvalue weighted by Crippen LogP contribution is -2.62. The zero-order valence-corrected chi connectivity index (χ0v) is 39.4. The van der Waals surface area contributed by atoms with E-state index in [-0.39, 0.29) is 38.4 Å². The fourth-order valence-electron chi connectivity index (χ4n) is 6.94. The van der Waals surface area contributed by atoms with Crippen molar-refractivity contribution in [2.24, 2.45) is 11.8 Å². The molecular weight excluding hydrogens is 839 g/mol. The van der Waals surface area contributed by atoms with Crippen molar-refractivity contribution >= 4 is 35.7 Å². The topological polar surface area (TPSA) is 190 Å². The second-order valence-corrected chi connectivity index (χ2v) is 18.1. The van der Waals surface area contributed by atoms with E-state index in [4.69, 9.17) is 14.2 Å². The van der Waals surface area contributed by atoms with Crippen molar-refractivity contribution < 1.29 is 43.0 Å². The van der Waals surface area contributed by atoms with Gasteiger partial charge in [0.2, 0.25) is 23.6 Å². The largest absolute Gasteiger partial charge is 0.459 e. The van der Waals surface area contributed by atoms with Gasteiger partial charge in [0.1, 0.15) is 42.4 Å². The van der Waals surface area contributed by atoms with Gasteiger partial charge in [-0.1, -0.05) is 149 Å². The summed E-state index contributed by atoms with van der Waals surface area (Å²) in [5, 5.41) is 14.0. The van der Waals surface area contributed by atoms with E-state index in [1.165, 1.54) is 0 Å². The average Bonchev–Trinajstić information content (AvgIpc) is 3.27. The number of amides is 5. The lowest BCUT2D eigenvalue weighted by molar-refractivity contribution is -0.150. The summed E-state index contributed by atoms with van der Waals surface area (Å²) >= 11 is 0. The SMILES string of the molecule is CC(C)C[C@H](NC(=O)[C@@H](NC(=O)[C@H](Cc1ccccc1)NC(=O)[C@@H](NC(=O)[C@H](Cc1ccccc1)NC(=O)OC(C)(C)C)C(C)C)[C@@H](C)OCc1ccccc1)C(=O)OCc1ccccc1. The molecule has 6 atom stereocenters. The monoisotopic (exact) mass is 905 g/mol. The molecule has 0 aliphatic rings. The van der Waals surface area contributed by atoms with Gasteiger partial charge in [0, 0.05) is 12.8 Å². The molecule has 0 unspecified atom stereocenters. The van der Waals surface area contributed by atoms with Crippen molar-refractivity contribution in [2.45, 2.75) is 130 Å². The minimum Gasteiger partial charge on any atom is -0.459 e. The lowest BCUT2D eigenvalue weighted by Gasteiger charge is -2.30. The summed E-state index contributed by atoms with van der Waals surface area (Å²) in [6.45, 7) is 14.2. The van der Waals surface area contributed by atoms with Gasteiger partial charge >= 0.3 is 12.1 Å². The first-order valence-corrected chi connectivity index (χ1v) is 22.5. The molecule has 4 aromatic rings. The van der Waals surface area contributed by atoms with E-state index in [0.29, 0.717) is 5.56 Å². The number of benzene rings is 4. The van der Waals surface area contributed by atoms with E-state index in [0.717, 1.165) is 16.7 Å². The summed E-state index contributed by atoms with van der Waals surface area (Å²) in [5.74, 6) is -3.83. The highest BCUT2D eigenvalue weighted by atomic mass is 16.6. The van der Waals surface area contributed by atoms with Crippen LogP contribution >= 0.6 is 0 Å². The third-order valence-electron chi connectivity index (χ3n) is 10.4. The fraction of sp³-hybridized carbons (Fsp3) is 0.423. The third-order valence-corrected chi connectivity index (χ3v) is 10.4. The zero-order chi connectivity index (χ0) is 48.2. The van der Waals surface area contributed by atoms with Crippen molar-refractivity contribution in [2.75, 3.05) is 0 Å². The molecule has 5 N–H and O–H groups in total. The number of hydrogen-bond acceptors (Lipinski definition) is 9. The van der Waals surface area contributed by atoms with Crippen LogP contribution in [-0.4, -0.2) is 77.6 Å². The number of alkyl carbamates (subject to hydrolysis) is 1. The highest BCUT2D eigenvalue weighted by Gasteiger charge is 2.36. The van der Waals surface area contributed by atoms with Gasteiger partial charge in [-0.05, 0) is 68.2 Å². The van der Waals surface area contributed by atoms with Gasteiger partial charge in [-0.15, -0.1) is 0 Å². The van der Waals surface area contributed by atoms with Gasteiger partial charge < -0.3 is 40.8 Å². The Labute approximate surface area is 389 Å². The minimum atomic E-state index is -1.34. The smallest absolute Gasteiger partial charge is 0.408 e. The van der Waals surface area contributed by atoms with E-state index in [1.807, 2.05) is 111 Å². The van der Waals surface area contributed by atoms with Crippen LogP contribution in [0.3, 0.4) is 0 Å². The van der Waals surface area contributed by atoms with Crippen molar-refractivity contribution in [1.82, 2.24) is 26.6 Å². The second-order valence-electron chi connectivity index (χ2n) is 18.1. The first kappa shape index (κ1) is 52.1. The molecule has 14 nitrogen and oxygen atoms in total. The number of ether oxygens (including phenoxy) is 3. The van der Waals surface area contributed by atoms with Crippen LogP contribution in [0.1, 0.15) is 84.1 Å². The minimum absolute atomic E-state index is 0.00746. The number of carbonyl (C=O) groups is 6. The zero-order valence-electron chi connectivity index (χ0n) is 39.4. The first-order valence-electron chi connectivity index (χ1n) is 22.5. The molecule has 0 aromatic heterocycles. The second kappa shape index (κ2) is 25.8. The van der Waals surface area contributed by atoms with Gasteiger partial charge in [0.05, 0.1) is 12.7 Å². The van der Waals surface area contributed by atoms with Gasteiger partial charge in [-0.2, -0.15) is 0 Å². The van der Waals surface area contributed by atoms with Crippen molar-refractivity contribution in [3.63, 3.8) is 0 Å². The molecule has 14 heteroatoms. The molecule has 0 radical (unpaired) electrons. The lowest BCUT2D eigenvalue weighted by atomic mass is 9.99. The van der Waals surface area contributed by atoms with Gasteiger partial charge in [0.15, 0.2) is 0 Å². The number of hydrogen-bond donors (Lipinski definition) is 5. The Morgan fingerprint density at radius 1 is 0.485 bits per heavy atom. The Bertz CT molecular complexity index is 2150. The number of rotatable bonds is 23. The van der Waals surface area contributed by atoms with Crippen LogP contribution in [-0.2, 0) is 64.2 Å². The van der Waals surface area contributed by atoms with Crippen molar-refractivity contribution in [3.05, 3.63) is 144 Å². The summed E-state index contributed by atoms with van der Waals surface area (Å²) in [7, 11) is 0. The molecule has 0 spiro atoms. The Hall–Kier alpha value is -6.54. The summed E-state index contributed by atoms with van der Waals surface area (Å²) in [5.41, 5.74) is 2.26. The van der Waals surface area contributed by atoms with Crippen molar-refractivity contribution in [1.29, 1.82) is 0 Å². The van der Waals surface area contributed by atoms with Crippen LogP contribution in [0.2, 0.25) is 0 Å². The molecule has 0 aliphatic carbocycles. The Morgan fingerprint density at radius 3 is 1.35 bits per heavy atom. The van der Waals surface area contributed by atoms with Crippen molar-refractivity contribution in [3.8, 4) is 0 Å². The Kier molecular flexibility index (Phi) is 20.4. The molecule has 4 aromatic carbocycles. The van der Waals surface area contributed by atoms with E-state index in [2.05, 4.69) is 26.6 Å². The molecule has 4 rings (SSSR count). The molecule has 0 saturated carbocycles. The quantitative estimate of drug-likeness (QED) is 0.0528. The van der Waals surface area contributed by atoms with Gasteiger partial charge in [-0.25, -0.2) is 9.59 Å². The molecule has 5 amide bonds. The van der Waals surface area contributed by atoms with Crippen LogP contribution in [0, 0.1) is 11.8 Å². The van der Waals surface area contributed by atoms with E-state index >= 15 is 0 Å². The standard InChI is InChI=1S/C52H67N5O9/c1-34(2)29-43(50(62)65-33-40-27-19-12-20-28-40)54-49(61)45(36(5)64-32-39-25-17-11-18-26-39)57-46(58)41(30-37-21-13-9-14-22-37)53-48(60)44(35(3)4)56-47(59)42(31-38-23-15-10-16-24-38)55-51(63)66-52(6,7)8/h9-28,34-36,41-45H,29-33H2,1-8H3,(H,53,60)(H,54,61)(H,55,63)(H,56,59)(H,57,58)/t36-,41+,42+,43+,44+,45+/m1/s1. The van der Waals surface area contributed by atoms with E-state index in [9.17, 15) is 28.8 Å².